The van der Waals surface area contributed by atoms with Gasteiger partial charge in [0.05, 0.1) is 5.56 Å². The van der Waals surface area contributed by atoms with Crippen molar-refractivity contribution in [3.05, 3.63) is 77.7 Å². The van der Waals surface area contributed by atoms with Gasteiger partial charge in [-0.1, -0.05) is 30.3 Å². The Morgan fingerprint density at radius 2 is 1.71 bits per heavy atom. The molecule has 31 heavy (non-hydrogen) atoms. The van der Waals surface area contributed by atoms with Gasteiger partial charge in [-0.05, 0) is 49.8 Å². The van der Waals surface area contributed by atoms with Crippen molar-refractivity contribution in [3.63, 3.8) is 0 Å². The van der Waals surface area contributed by atoms with Crippen molar-refractivity contribution in [3.8, 4) is 22.4 Å². The van der Waals surface area contributed by atoms with E-state index in [1.54, 1.807) is 0 Å². The first-order valence-electron chi connectivity index (χ1n) is 11.2. The van der Waals surface area contributed by atoms with Gasteiger partial charge in [0.2, 0.25) is 5.69 Å². The number of nitrogens with zero attached hydrogens (tertiary/aromatic N) is 2. The summed E-state index contributed by atoms with van der Waals surface area (Å²) in [5.41, 5.74) is 11.1. The van der Waals surface area contributed by atoms with Gasteiger partial charge in [-0.15, -0.1) is 0 Å². The number of benzene rings is 2. The zero-order valence-electron chi connectivity index (χ0n) is 18.4. The summed E-state index contributed by atoms with van der Waals surface area (Å²) in [4.78, 5) is 0. The summed E-state index contributed by atoms with van der Waals surface area (Å²) in [5, 5.41) is 2.38. The Balaban J connectivity index is 1.67. The first kappa shape index (κ1) is 18.4. The smallest absolute Gasteiger partial charge is 0.216 e. The highest BCUT2D eigenvalue weighted by atomic mass is 16.3. The molecule has 1 aliphatic carbocycles. The van der Waals surface area contributed by atoms with Crippen molar-refractivity contribution in [2.75, 3.05) is 0 Å². The van der Waals surface area contributed by atoms with Crippen LogP contribution in [0, 0.1) is 6.92 Å². The number of hydrogen-bond donors (Lipinski definition) is 0. The van der Waals surface area contributed by atoms with Crippen LogP contribution in [0.4, 0.5) is 0 Å². The first-order chi connectivity index (χ1) is 15.1. The fourth-order valence-electron chi connectivity index (χ4n) is 5.42. The van der Waals surface area contributed by atoms with Crippen LogP contribution in [0.2, 0.25) is 0 Å². The van der Waals surface area contributed by atoms with Crippen LogP contribution >= 0.6 is 0 Å². The third-order valence-corrected chi connectivity index (χ3v) is 6.99. The second kappa shape index (κ2) is 6.84. The monoisotopic (exact) mass is 407 g/mol. The van der Waals surface area contributed by atoms with Crippen LogP contribution in [0.5, 0.6) is 0 Å². The molecule has 0 saturated carbocycles. The van der Waals surface area contributed by atoms with Crippen molar-refractivity contribution in [2.45, 2.75) is 32.6 Å². The predicted molar refractivity (Wildman–Crippen MR) is 126 cm³/mol. The van der Waals surface area contributed by atoms with E-state index in [0.717, 1.165) is 17.6 Å². The van der Waals surface area contributed by atoms with E-state index in [1.165, 1.54) is 69.2 Å². The highest BCUT2D eigenvalue weighted by Crippen LogP contribution is 2.42. The number of pyridine rings is 1. The summed E-state index contributed by atoms with van der Waals surface area (Å²) in [7, 11) is 4.28. The predicted octanol–water partition coefficient (Wildman–Crippen LogP) is 6.27. The van der Waals surface area contributed by atoms with Crippen molar-refractivity contribution in [1.82, 2.24) is 4.57 Å². The topological polar surface area (TPSA) is 21.9 Å². The van der Waals surface area contributed by atoms with Crippen LogP contribution in [0.1, 0.15) is 29.7 Å². The van der Waals surface area contributed by atoms with Crippen LogP contribution < -0.4 is 4.57 Å². The molecule has 3 heteroatoms. The molecule has 0 spiro atoms. The minimum absolute atomic E-state index is 0.981. The minimum atomic E-state index is 0.981. The lowest BCUT2D eigenvalue weighted by Gasteiger charge is -2.14. The third kappa shape index (κ3) is 2.69. The maximum Gasteiger partial charge on any atom is 0.216 e. The Labute approximate surface area is 182 Å². The highest BCUT2D eigenvalue weighted by Gasteiger charge is 2.24. The van der Waals surface area contributed by atoms with Gasteiger partial charge in [0, 0.05) is 53.0 Å². The molecule has 0 bridgehead atoms. The standard InChI is InChI=1S/C28H27N2O/c1-18-14-15-22-20-10-8-11-21(23-17-30(3)24-12-5-4-9-19(23)24)27(20)31-28(22)26(18)25-13-6-7-16-29(25)2/h6-8,10-11,13-17H,4-5,9,12H2,1-3H3/q+1. The quantitative estimate of drug-likeness (QED) is 0.316. The van der Waals surface area contributed by atoms with Gasteiger partial charge in [-0.25, -0.2) is 4.57 Å². The number of furan rings is 1. The summed E-state index contributed by atoms with van der Waals surface area (Å²) in [6, 6.07) is 17.4. The molecule has 0 aliphatic heterocycles. The molecule has 3 aromatic heterocycles. The van der Waals surface area contributed by atoms with Gasteiger partial charge in [0.15, 0.2) is 6.20 Å². The van der Waals surface area contributed by atoms with E-state index in [1.807, 2.05) is 0 Å². The maximum absolute atomic E-state index is 6.74. The molecule has 0 radical (unpaired) electrons. The molecule has 5 aromatic rings. The van der Waals surface area contributed by atoms with Crippen molar-refractivity contribution in [1.29, 1.82) is 0 Å². The van der Waals surface area contributed by atoms with E-state index in [-0.39, 0.29) is 0 Å². The second-order valence-corrected chi connectivity index (χ2v) is 8.90. The summed E-state index contributed by atoms with van der Waals surface area (Å²) >= 11 is 0. The average molecular weight is 408 g/mol. The fourth-order valence-corrected chi connectivity index (χ4v) is 5.42. The molecule has 2 aromatic carbocycles. The Morgan fingerprint density at radius 1 is 0.871 bits per heavy atom. The lowest BCUT2D eigenvalue weighted by Crippen LogP contribution is -2.30. The van der Waals surface area contributed by atoms with Gasteiger partial charge >= 0.3 is 0 Å². The molecular formula is C28H27N2O+. The van der Waals surface area contributed by atoms with Gasteiger partial charge in [0.25, 0.3) is 0 Å². The number of aryl methyl sites for hydroxylation is 3. The molecule has 0 unspecified atom stereocenters. The van der Waals surface area contributed by atoms with E-state index >= 15 is 0 Å². The van der Waals surface area contributed by atoms with Crippen molar-refractivity contribution < 1.29 is 8.98 Å². The second-order valence-electron chi connectivity index (χ2n) is 8.90. The molecule has 1 aliphatic rings. The average Bonchev–Trinajstić information content (AvgIpc) is 3.32. The number of para-hydroxylation sites is 1. The number of fused-ring (bicyclic) bond motifs is 4. The lowest BCUT2D eigenvalue weighted by molar-refractivity contribution is -0.660. The summed E-state index contributed by atoms with van der Waals surface area (Å²) in [6.45, 7) is 2.17. The summed E-state index contributed by atoms with van der Waals surface area (Å²) in [6.07, 6.45) is 9.30. The molecule has 0 saturated heterocycles. The Morgan fingerprint density at radius 3 is 2.58 bits per heavy atom. The van der Waals surface area contributed by atoms with Crippen LogP contribution in [-0.4, -0.2) is 4.57 Å². The number of aromatic nitrogens is 2. The molecule has 3 nitrogen and oxygen atoms in total. The van der Waals surface area contributed by atoms with E-state index in [0.29, 0.717) is 0 Å². The number of hydrogen-bond acceptors (Lipinski definition) is 1. The first-order valence-corrected chi connectivity index (χ1v) is 11.2. The Hall–Kier alpha value is -3.33. The molecule has 3 heterocycles. The molecule has 0 amide bonds. The van der Waals surface area contributed by atoms with Crippen LogP contribution in [0.15, 0.2) is 65.3 Å². The normalized spacial score (nSPS) is 13.8. The van der Waals surface area contributed by atoms with Gasteiger partial charge < -0.3 is 8.98 Å². The third-order valence-electron chi connectivity index (χ3n) is 6.99. The van der Waals surface area contributed by atoms with E-state index in [2.05, 4.69) is 91.1 Å². The summed E-state index contributed by atoms with van der Waals surface area (Å²) in [5.74, 6) is 0. The van der Waals surface area contributed by atoms with Gasteiger partial charge in [-0.3, -0.25) is 0 Å². The van der Waals surface area contributed by atoms with E-state index in [9.17, 15) is 0 Å². The maximum atomic E-state index is 6.74. The van der Waals surface area contributed by atoms with E-state index < -0.39 is 0 Å². The molecule has 6 rings (SSSR count). The van der Waals surface area contributed by atoms with Gasteiger partial charge in [-0.2, -0.15) is 0 Å². The molecule has 0 fully saturated rings. The zero-order valence-corrected chi connectivity index (χ0v) is 18.4. The largest absolute Gasteiger partial charge is 0.454 e. The molecular weight excluding hydrogens is 380 g/mol. The lowest BCUT2D eigenvalue weighted by atomic mass is 9.91. The zero-order chi connectivity index (χ0) is 21.1. The molecule has 0 atom stereocenters. The van der Waals surface area contributed by atoms with Gasteiger partial charge in [0.1, 0.15) is 18.2 Å². The SMILES string of the molecule is Cc1ccc2c(oc3c(-c4cn(C)c5c4CCCC5)cccc32)c1-c1cccc[n+]1C. The highest BCUT2D eigenvalue weighted by molar-refractivity contribution is 6.13. The Bertz CT molecular complexity index is 1470. The fraction of sp³-hybridized carbons (Fsp3) is 0.250. The van der Waals surface area contributed by atoms with Crippen LogP contribution in [0.3, 0.4) is 0 Å². The molecule has 0 N–H and O–H groups in total. The molecule has 154 valence electrons. The number of rotatable bonds is 2. The summed E-state index contributed by atoms with van der Waals surface area (Å²) < 4.78 is 11.2. The van der Waals surface area contributed by atoms with Crippen LogP contribution in [0.25, 0.3) is 44.3 Å². The Kier molecular flexibility index (Phi) is 4.07. The van der Waals surface area contributed by atoms with E-state index in [4.69, 9.17) is 4.42 Å². The van der Waals surface area contributed by atoms with Crippen LogP contribution in [-0.2, 0) is 26.9 Å². The minimum Gasteiger partial charge on any atom is -0.454 e. The van der Waals surface area contributed by atoms with Crippen molar-refractivity contribution in [2.24, 2.45) is 14.1 Å². The van der Waals surface area contributed by atoms with Crippen molar-refractivity contribution >= 4 is 21.9 Å².